The number of nitrogens with one attached hydrogen (secondary N) is 3. The smallest absolute Gasteiger partial charge is 0.153 e. The summed E-state index contributed by atoms with van der Waals surface area (Å²) in [5.41, 5.74) is 9.88. The Morgan fingerprint density at radius 1 is 1.10 bits per heavy atom. The topological polar surface area (TPSA) is 97.2 Å². The zero-order valence-electron chi connectivity index (χ0n) is 18.2. The summed E-state index contributed by atoms with van der Waals surface area (Å²) in [5.74, 6) is 3.07. The fraction of sp³-hybridized carbons (Fsp3) is 0.292. The van der Waals surface area contributed by atoms with E-state index in [2.05, 4.69) is 27.8 Å². The van der Waals surface area contributed by atoms with E-state index in [1.54, 1.807) is 7.11 Å². The minimum absolute atomic E-state index is 0.713. The van der Waals surface area contributed by atoms with Crippen LogP contribution in [-0.2, 0) is 5.66 Å². The fourth-order valence-corrected chi connectivity index (χ4v) is 3.68. The molecule has 2 heterocycles. The molecule has 1 aliphatic rings. The number of ether oxygens (including phenoxy) is 2. The van der Waals surface area contributed by atoms with Crippen molar-refractivity contribution in [2.24, 2.45) is 5.73 Å². The summed E-state index contributed by atoms with van der Waals surface area (Å²) in [4.78, 5) is 0. The van der Waals surface area contributed by atoms with Crippen LogP contribution in [0.4, 0.5) is 5.82 Å². The molecule has 1 aliphatic heterocycles. The fourth-order valence-electron chi connectivity index (χ4n) is 3.68. The first-order valence-corrected chi connectivity index (χ1v) is 10.5. The number of anilines is 1. The van der Waals surface area contributed by atoms with E-state index in [0.29, 0.717) is 12.4 Å². The second-order valence-electron chi connectivity index (χ2n) is 7.73. The molecule has 0 radical (unpaired) electrons. The van der Waals surface area contributed by atoms with Gasteiger partial charge in [-0.1, -0.05) is 31.5 Å². The number of hydrogen-bond donors (Lipinski definition) is 4. The van der Waals surface area contributed by atoms with Crippen LogP contribution >= 0.6 is 0 Å². The van der Waals surface area contributed by atoms with Crippen molar-refractivity contribution in [3.63, 3.8) is 0 Å². The van der Waals surface area contributed by atoms with E-state index in [9.17, 15) is 0 Å². The van der Waals surface area contributed by atoms with Crippen LogP contribution in [0.5, 0.6) is 11.5 Å². The highest BCUT2D eigenvalue weighted by molar-refractivity contribution is 5.68. The molecule has 3 aromatic rings. The van der Waals surface area contributed by atoms with Gasteiger partial charge >= 0.3 is 0 Å². The molecule has 0 spiro atoms. The number of unbranched alkanes of at least 4 members (excludes halogenated alkanes) is 1. The van der Waals surface area contributed by atoms with Crippen molar-refractivity contribution < 1.29 is 9.47 Å². The molecule has 0 fully saturated rings. The first-order chi connectivity index (χ1) is 15.0. The van der Waals surface area contributed by atoms with Gasteiger partial charge in [0.1, 0.15) is 23.0 Å². The zero-order chi connectivity index (χ0) is 21.8. The summed E-state index contributed by atoms with van der Waals surface area (Å²) < 4.78 is 11.2. The molecule has 0 saturated carbocycles. The van der Waals surface area contributed by atoms with E-state index in [-0.39, 0.29) is 0 Å². The summed E-state index contributed by atoms with van der Waals surface area (Å²) >= 11 is 0. The van der Waals surface area contributed by atoms with Crippen molar-refractivity contribution in [3.8, 4) is 11.5 Å². The number of nitrogens with two attached hydrogens (primary N) is 1. The molecule has 162 valence electrons. The SMILES string of the molecule is CCCCOc1ccc(C2(N)NC(Nc3cc(C)[nH]n3)=Cc3cc(OC)ccc32)cc1. The monoisotopic (exact) mass is 419 g/mol. The lowest BCUT2D eigenvalue weighted by Gasteiger charge is -2.38. The van der Waals surface area contributed by atoms with Crippen LogP contribution in [0.25, 0.3) is 6.08 Å². The Labute approximate surface area is 182 Å². The molecule has 31 heavy (non-hydrogen) atoms. The molecule has 2 aromatic carbocycles. The highest BCUT2D eigenvalue weighted by atomic mass is 16.5. The van der Waals surface area contributed by atoms with Gasteiger partial charge in [0.25, 0.3) is 0 Å². The number of H-pyrrole nitrogens is 1. The maximum Gasteiger partial charge on any atom is 0.153 e. The molecule has 1 atom stereocenters. The Hall–Kier alpha value is -3.45. The number of aryl methyl sites for hydroxylation is 1. The van der Waals surface area contributed by atoms with Crippen LogP contribution < -0.4 is 25.8 Å². The molecule has 1 aromatic heterocycles. The summed E-state index contributed by atoms with van der Waals surface area (Å²) in [6.07, 6.45) is 4.15. The minimum Gasteiger partial charge on any atom is -0.497 e. The minimum atomic E-state index is -0.939. The predicted octanol–water partition coefficient (Wildman–Crippen LogP) is 4.08. The van der Waals surface area contributed by atoms with E-state index >= 15 is 0 Å². The normalized spacial score (nSPS) is 17.4. The summed E-state index contributed by atoms with van der Waals surface area (Å²) in [5, 5.41) is 14.0. The lowest BCUT2D eigenvalue weighted by molar-refractivity contribution is 0.309. The number of methoxy groups -OCH3 is 1. The van der Waals surface area contributed by atoms with E-state index in [1.807, 2.05) is 61.5 Å². The van der Waals surface area contributed by atoms with Gasteiger partial charge in [-0.15, -0.1) is 0 Å². The summed E-state index contributed by atoms with van der Waals surface area (Å²) in [6.45, 7) is 4.82. The molecule has 0 bridgehead atoms. The Bertz CT molecular complexity index is 1070. The maximum absolute atomic E-state index is 7.00. The lowest BCUT2D eigenvalue weighted by atomic mass is 9.86. The highest BCUT2D eigenvalue weighted by Gasteiger charge is 2.35. The van der Waals surface area contributed by atoms with E-state index in [4.69, 9.17) is 15.2 Å². The molecule has 0 saturated heterocycles. The number of rotatable bonds is 8. The van der Waals surface area contributed by atoms with Crippen molar-refractivity contribution in [1.82, 2.24) is 15.5 Å². The molecule has 0 amide bonds. The average molecular weight is 420 g/mol. The molecule has 1 unspecified atom stereocenters. The summed E-state index contributed by atoms with van der Waals surface area (Å²) in [6, 6.07) is 15.8. The van der Waals surface area contributed by atoms with Crippen LogP contribution in [0.1, 0.15) is 42.1 Å². The third-order valence-electron chi connectivity index (χ3n) is 5.36. The standard InChI is InChI=1S/C24H29N5O2/c1-4-5-12-31-19-8-6-18(7-9-19)24(25)21-11-10-20(30-3)14-17(21)15-22(27-24)26-23-13-16(2)28-29-23/h6-11,13-15,27H,4-5,12,25H2,1-3H3,(H2,26,28,29). The van der Waals surface area contributed by atoms with Gasteiger partial charge < -0.3 is 25.8 Å². The molecule has 7 heteroatoms. The van der Waals surface area contributed by atoms with Gasteiger partial charge in [-0.05, 0) is 54.8 Å². The van der Waals surface area contributed by atoms with Crippen molar-refractivity contribution in [1.29, 1.82) is 0 Å². The Morgan fingerprint density at radius 3 is 2.55 bits per heavy atom. The Kier molecular flexibility index (Phi) is 5.86. The number of fused-ring (bicyclic) bond motifs is 1. The van der Waals surface area contributed by atoms with Crippen LogP contribution in [0.15, 0.2) is 54.4 Å². The largest absolute Gasteiger partial charge is 0.497 e. The van der Waals surface area contributed by atoms with E-state index in [0.717, 1.165) is 52.5 Å². The number of hydrogen-bond acceptors (Lipinski definition) is 6. The molecule has 0 aliphatic carbocycles. The number of aromatic nitrogens is 2. The lowest BCUT2D eigenvalue weighted by Crippen LogP contribution is -2.53. The third kappa shape index (κ3) is 4.36. The molecule has 7 nitrogen and oxygen atoms in total. The molecule has 5 N–H and O–H groups in total. The predicted molar refractivity (Wildman–Crippen MR) is 123 cm³/mol. The van der Waals surface area contributed by atoms with Gasteiger partial charge in [0.15, 0.2) is 5.82 Å². The average Bonchev–Trinajstić information content (AvgIpc) is 3.18. The number of benzene rings is 2. The molecular weight excluding hydrogens is 390 g/mol. The first-order valence-electron chi connectivity index (χ1n) is 10.5. The van der Waals surface area contributed by atoms with Gasteiger partial charge in [-0.2, -0.15) is 5.10 Å². The van der Waals surface area contributed by atoms with E-state index in [1.165, 1.54) is 0 Å². The number of aromatic amines is 1. The summed E-state index contributed by atoms with van der Waals surface area (Å²) in [7, 11) is 1.66. The molecule has 4 rings (SSSR count). The van der Waals surface area contributed by atoms with Crippen molar-refractivity contribution in [2.75, 3.05) is 19.0 Å². The second-order valence-corrected chi connectivity index (χ2v) is 7.73. The quantitative estimate of drug-likeness (QED) is 0.411. The van der Waals surface area contributed by atoms with Crippen LogP contribution in [0.3, 0.4) is 0 Å². The van der Waals surface area contributed by atoms with Gasteiger partial charge in [-0.25, -0.2) is 0 Å². The van der Waals surface area contributed by atoms with Crippen LogP contribution in [0, 0.1) is 6.92 Å². The van der Waals surface area contributed by atoms with Gasteiger partial charge in [0.2, 0.25) is 0 Å². The Morgan fingerprint density at radius 2 is 1.87 bits per heavy atom. The number of nitrogens with zero attached hydrogens (tertiary/aromatic N) is 1. The van der Waals surface area contributed by atoms with Crippen molar-refractivity contribution >= 4 is 11.9 Å². The van der Waals surface area contributed by atoms with Crippen molar-refractivity contribution in [2.45, 2.75) is 32.4 Å². The zero-order valence-corrected chi connectivity index (χ0v) is 18.2. The van der Waals surface area contributed by atoms with Crippen molar-refractivity contribution in [3.05, 3.63) is 76.7 Å². The Balaban J connectivity index is 1.68. The van der Waals surface area contributed by atoms with Gasteiger partial charge in [0.05, 0.1) is 13.7 Å². The van der Waals surface area contributed by atoms with Crippen LogP contribution in [-0.4, -0.2) is 23.9 Å². The molecular formula is C24H29N5O2. The van der Waals surface area contributed by atoms with E-state index < -0.39 is 5.66 Å². The first kappa shape index (κ1) is 20.8. The third-order valence-corrected chi connectivity index (χ3v) is 5.36. The second kappa shape index (κ2) is 8.73. The van der Waals surface area contributed by atoms with Crippen LogP contribution in [0.2, 0.25) is 0 Å². The van der Waals surface area contributed by atoms with Gasteiger partial charge in [0, 0.05) is 17.3 Å². The highest BCUT2D eigenvalue weighted by Crippen LogP contribution is 2.35. The maximum atomic E-state index is 7.00. The van der Waals surface area contributed by atoms with Gasteiger partial charge in [-0.3, -0.25) is 5.10 Å².